The highest BCUT2D eigenvalue weighted by atomic mass is 16.2. The second kappa shape index (κ2) is 6.16. The van der Waals surface area contributed by atoms with E-state index >= 15 is 0 Å². The number of aliphatic hydroxyl groups is 1. The summed E-state index contributed by atoms with van der Waals surface area (Å²) in [5.41, 5.74) is 22.4. The number of anilines is 4. The maximum atomic E-state index is 9.00. The van der Waals surface area contributed by atoms with Gasteiger partial charge in [-0.1, -0.05) is 0 Å². The fourth-order valence-electron chi connectivity index (χ4n) is 2.03. The van der Waals surface area contributed by atoms with Crippen molar-refractivity contribution in [3.63, 3.8) is 0 Å². The van der Waals surface area contributed by atoms with E-state index in [0.717, 1.165) is 16.8 Å². The minimum atomic E-state index is 0.0792. The first-order chi connectivity index (χ1) is 9.60. The monoisotopic (exact) mass is 272 g/mol. The first-order valence-electron chi connectivity index (χ1n) is 6.47. The predicted octanol–water partition coefficient (Wildman–Crippen LogP) is 1.58. The number of benzene rings is 2. The van der Waals surface area contributed by atoms with Gasteiger partial charge in [0.1, 0.15) is 0 Å². The van der Waals surface area contributed by atoms with Gasteiger partial charge in [0.05, 0.1) is 0 Å². The summed E-state index contributed by atoms with van der Waals surface area (Å²) in [6, 6.07) is 11.1. The number of nitrogen functional groups attached to an aromatic ring is 3. The summed E-state index contributed by atoms with van der Waals surface area (Å²) in [4.78, 5) is 0. The molecule has 2 aromatic carbocycles. The van der Waals surface area contributed by atoms with Gasteiger partial charge in [0, 0.05) is 35.9 Å². The van der Waals surface area contributed by atoms with E-state index in [1.54, 1.807) is 12.1 Å². The summed E-state index contributed by atoms with van der Waals surface area (Å²) in [5.74, 6) is 0. The quantitative estimate of drug-likeness (QED) is 0.531. The van der Waals surface area contributed by atoms with Crippen LogP contribution in [0, 0.1) is 0 Å². The predicted molar refractivity (Wildman–Crippen MR) is 84.2 cm³/mol. The normalized spacial score (nSPS) is 10.4. The van der Waals surface area contributed by atoms with E-state index in [0.29, 0.717) is 30.0 Å². The Morgan fingerprint density at radius 1 is 0.900 bits per heavy atom. The molecular formula is C15H20N4O. The molecule has 8 N–H and O–H groups in total. The molecule has 0 aliphatic rings. The molecule has 106 valence electrons. The molecule has 0 heterocycles. The first-order valence-corrected chi connectivity index (χ1v) is 6.47. The molecule has 2 aromatic rings. The molecule has 0 saturated carbocycles. The zero-order valence-electron chi connectivity index (χ0n) is 11.3. The Labute approximate surface area is 118 Å². The van der Waals surface area contributed by atoms with E-state index in [-0.39, 0.29) is 6.61 Å². The Hall–Kier alpha value is -2.40. The van der Waals surface area contributed by atoms with Crippen molar-refractivity contribution >= 4 is 22.7 Å². The van der Waals surface area contributed by atoms with Gasteiger partial charge >= 0.3 is 0 Å². The Kier molecular flexibility index (Phi) is 4.32. The zero-order valence-corrected chi connectivity index (χ0v) is 11.3. The Bertz CT molecular complexity index is 598. The first kappa shape index (κ1) is 14.0. The van der Waals surface area contributed by atoms with Crippen LogP contribution in [-0.2, 0) is 13.0 Å². The van der Waals surface area contributed by atoms with Gasteiger partial charge in [-0.15, -0.1) is 0 Å². The molecule has 0 spiro atoms. The second-order valence-electron chi connectivity index (χ2n) is 4.70. The van der Waals surface area contributed by atoms with E-state index in [9.17, 15) is 0 Å². The lowest BCUT2D eigenvalue weighted by molar-refractivity contribution is 0.300. The largest absolute Gasteiger partial charge is 0.399 e. The number of nitrogens with two attached hydrogens (primary N) is 3. The molecule has 5 nitrogen and oxygen atoms in total. The topological polar surface area (TPSA) is 110 Å². The highest BCUT2D eigenvalue weighted by Crippen LogP contribution is 2.21. The van der Waals surface area contributed by atoms with Crippen molar-refractivity contribution < 1.29 is 5.11 Å². The lowest BCUT2D eigenvalue weighted by Crippen LogP contribution is -2.05. The average molecular weight is 272 g/mol. The van der Waals surface area contributed by atoms with E-state index in [2.05, 4.69) is 5.32 Å². The van der Waals surface area contributed by atoms with Crippen LogP contribution >= 0.6 is 0 Å². The van der Waals surface area contributed by atoms with Crippen LogP contribution in [-0.4, -0.2) is 11.7 Å². The summed E-state index contributed by atoms with van der Waals surface area (Å²) < 4.78 is 0. The van der Waals surface area contributed by atoms with Crippen LogP contribution < -0.4 is 22.5 Å². The Morgan fingerprint density at radius 2 is 1.60 bits per heavy atom. The summed E-state index contributed by atoms with van der Waals surface area (Å²) in [6.07, 6.45) is 0.543. The number of rotatable bonds is 5. The number of nitrogens with one attached hydrogen (secondary N) is 1. The van der Waals surface area contributed by atoms with Gasteiger partial charge in [-0.05, 0) is 53.9 Å². The molecule has 0 amide bonds. The molecule has 2 rings (SSSR count). The zero-order chi connectivity index (χ0) is 14.5. The molecule has 0 aliphatic carbocycles. The molecular weight excluding hydrogens is 252 g/mol. The lowest BCUT2D eigenvalue weighted by atomic mass is 10.1. The van der Waals surface area contributed by atoms with Gasteiger partial charge in [-0.25, -0.2) is 0 Å². The molecule has 0 bridgehead atoms. The van der Waals surface area contributed by atoms with E-state index in [1.165, 1.54) is 0 Å². The fourth-order valence-corrected chi connectivity index (χ4v) is 2.03. The van der Waals surface area contributed by atoms with Crippen LogP contribution in [0.25, 0.3) is 0 Å². The van der Waals surface area contributed by atoms with E-state index < -0.39 is 0 Å². The van der Waals surface area contributed by atoms with Gasteiger partial charge in [-0.2, -0.15) is 0 Å². The summed E-state index contributed by atoms with van der Waals surface area (Å²) in [7, 11) is 0. The smallest absolute Gasteiger partial charge is 0.0472 e. The molecule has 5 heteroatoms. The highest BCUT2D eigenvalue weighted by Gasteiger charge is 2.03. The summed E-state index contributed by atoms with van der Waals surface area (Å²) in [5, 5.41) is 12.3. The van der Waals surface area contributed by atoms with Crippen molar-refractivity contribution in [2.75, 3.05) is 29.1 Å². The van der Waals surface area contributed by atoms with Crippen LogP contribution in [0.4, 0.5) is 22.7 Å². The van der Waals surface area contributed by atoms with Crippen molar-refractivity contribution in [2.24, 2.45) is 0 Å². The minimum absolute atomic E-state index is 0.0792. The SMILES string of the molecule is Nc1ccc(N)c(CNc2ccc(N)c(CCO)c2)c1. The van der Waals surface area contributed by atoms with Crippen LogP contribution in [0.15, 0.2) is 36.4 Å². The van der Waals surface area contributed by atoms with Crippen LogP contribution in [0.3, 0.4) is 0 Å². The Morgan fingerprint density at radius 3 is 2.35 bits per heavy atom. The van der Waals surface area contributed by atoms with Crippen molar-refractivity contribution in [3.8, 4) is 0 Å². The van der Waals surface area contributed by atoms with Crippen LogP contribution in [0.2, 0.25) is 0 Å². The molecule has 0 fully saturated rings. The maximum absolute atomic E-state index is 9.00. The molecule has 0 atom stereocenters. The molecule has 0 radical (unpaired) electrons. The van der Waals surface area contributed by atoms with Gasteiger partial charge in [0.2, 0.25) is 0 Å². The maximum Gasteiger partial charge on any atom is 0.0472 e. The van der Waals surface area contributed by atoms with Crippen molar-refractivity contribution in [1.82, 2.24) is 0 Å². The van der Waals surface area contributed by atoms with Gasteiger partial charge in [0.15, 0.2) is 0 Å². The molecule has 0 unspecified atom stereocenters. The number of aliphatic hydroxyl groups excluding tert-OH is 1. The lowest BCUT2D eigenvalue weighted by Gasteiger charge is -2.12. The number of hydrogen-bond acceptors (Lipinski definition) is 5. The van der Waals surface area contributed by atoms with Crippen molar-refractivity contribution in [3.05, 3.63) is 47.5 Å². The second-order valence-corrected chi connectivity index (χ2v) is 4.70. The third-order valence-electron chi connectivity index (χ3n) is 3.17. The van der Waals surface area contributed by atoms with Gasteiger partial charge in [0.25, 0.3) is 0 Å². The summed E-state index contributed by atoms with van der Waals surface area (Å²) >= 11 is 0. The third kappa shape index (κ3) is 3.33. The van der Waals surface area contributed by atoms with Crippen molar-refractivity contribution in [1.29, 1.82) is 0 Å². The summed E-state index contributed by atoms with van der Waals surface area (Å²) in [6.45, 7) is 0.662. The molecule has 0 aliphatic heterocycles. The van der Waals surface area contributed by atoms with Crippen LogP contribution in [0.1, 0.15) is 11.1 Å². The molecule has 0 aromatic heterocycles. The van der Waals surface area contributed by atoms with Crippen LogP contribution in [0.5, 0.6) is 0 Å². The van der Waals surface area contributed by atoms with E-state index in [4.69, 9.17) is 22.3 Å². The number of hydrogen-bond donors (Lipinski definition) is 5. The average Bonchev–Trinajstić information content (AvgIpc) is 2.43. The van der Waals surface area contributed by atoms with E-state index in [1.807, 2.05) is 24.3 Å². The standard InChI is InChI=1S/C15H20N4O/c16-12-1-3-15(18)11(7-12)9-19-13-2-4-14(17)10(8-13)5-6-20/h1-4,7-8,19-20H,5-6,9,16-18H2. The van der Waals surface area contributed by atoms with Gasteiger partial charge < -0.3 is 27.6 Å². The van der Waals surface area contributed by atoms with Crippen molar-refractivity contribution in [2.45, 2.75) is 13.0 Å². The molecule has 20 heavy (non-hydrogen) atoms. The minimum Gasteiger partial charge on any atom is -0.399 e. The fraction of sp³-hybridized carbons (Fsp3) is 0.200. The highest BCUT2D eigenvalue weighted by molar-refractivity contribution is 5.60. The third-order valence-corrected chi connectivity index (χ3v) is 3.17. The molecule has 0 saturated heterocycles. The van der Waals surface area contributed by atoms with Gasteiger partial charge in [-0.3, -0.25) is 0 Å². The Balaban J connectivity index is 2.10.